The molecule has 0 radical (unpaired) electrons. The highest BCUT2D eigenvalue weighted by Gasteiger charge is 2.50. The Morgan fingerprint density at radius 2 is 1.61 bits per heavy atom. The van der Waals surface area contributed by atoms with E-state index in [1.165, 1.54) is 5.01 Å². The largest absolute Gasteiger partial charge is 0.497 e. The molecule has 0 N–H and O–H groups in total. The van der Waals surface area contributed by atoms with Crippen molar-refractivity contribution in [3.8, 4) is 5.75 Å². The van der Waals surface area contributed by atoms with Gasteiger partial charge in [0.05, 0.1) is 30.3 Å². The van der Waals surface area contributed by atoms with Crippen molar-refractivity contribution in [2.45, 2.75) is 13.3 Å². The highest BCUT2D eigenvalue weighted by molar-refractivity contribution is 6.25. The fourth-order valence-electron chi connectivity index (χ4n) is 3.72. The lowest BCUT2D eigenvalue weighted by Crippen LogP contribution is -2.37. The average molecular weight is 377 g/mol. The lowest BCUT2D eigenvalue weighted by Gasteiger charge is -2.19. The van der Waals surface area contributed by atoms with E-state index in [0.29, 0.717) is 22.8 Å². The van der Waals surface area contributed by atoms with Crippen LogP contribution in [-0.2, 0) is 14.4 Å². The number of methoxy groups -OCH3 is 1. The van der Waals surface area contributed by atoms with Crippen molar-refractivity contribution in [3.63, 3.8) is 0 Å². The number of anilines is 2. The molecular formula is C21H19N3O4. The highest BCUT2D eigenvalue weighted by atomic mass is 16.5. The molecule has 0 bridgehead atoms. The lowest BCUT2D eigenvalue weighted by molar-refractivity contribution is -0.127. The summed E-state index contributed by atoms with van der Waals surface area (Å²) >= 11 is 0. The Bertz CT molecular complexity index is 969. The number of benzene rings is 2. The van der Waals surface area contributed by atoms with Crippen molar-refractivity contribution < 1.29 is 19.1 Å². The first-order chi connectivity index (χ1) is 13.5. The monoisotopic (exact) mass is 377 g/mol. The molecule has 2 aromatic carbocycles. The predicted octanol–water partition coefficient (Wildman–Crippen LogP) is 2.61. The molecule has 2 atom stereocenters. The zero-order chi connectivity index (χ0) is 19.8. The first-order valence-corrected chi connectivity index (χ1v) is 8.96. The van der Waals surface area contributed by atoms with Crippen LogP contribution in [-0.4, -0.2) is 30.5 Å². The van der Waals surface area contributed by atoms with E-state index in [0.717, 1.165) is 4.90 Å². The number of nitrogens with zero attached hydrogens (tertiary/aromatic N) is 3. The van der Waals surface area contributed by atoms with Gasteiger partial charge in [-0.25, -0.2) is 5.01 Å². The number of amides is 3. The van der Waals surface area contributed by atoms with Crippen LogP contribution in [0.25, 0.3) is 0 Å². The molecule has 0 saturated carbocycles. The van der Waals surface area contributed by atoms with Gasteiger partial charge in [0, 0.05) is 12.1 Å². The van der Waals surface area contributed by atoms with Gasteiger partial charge in [0.1, 0.15) is 5.75 Å². The van der Waals surface area contributed by atoms with Crippen LogP contribution in [0.5, 0.6) is 5.75 Å². The summed E-state index contributed by atoms with van der Waals surface area (Å²) in [7, 11) is 1.55. The first kappa shape index (κ1) is 17.9. The number of hydrazone groups is 1. The molecule has 1 saturated heterocycles. The summed E-state index contributed by atoms with van der Waals surface area (Å²) in [5, 5.41) is 5.66. The standard InChI is InChI=1S/C21H19N3O4/c1-13-19(21(27)24(22-13)15-6-4-3-5-7-15)17-12-18(25)23(20(17)26)14-8-10-16(28-2)11-9-14/h3-11,17,19H,12H2,1-2H3/t17-,19-/m0/s1. The van der Waals surface area contributed by atoms with E-state index in [1.54, 1.807) is 50.4 Å². The number of carbonyl (C=O) groups excluding carboxylic acids is 3. The summed E-state index contributed by atoms with van der Waals surface area (Å²) in [5.41, 5.74) is 1.65. The van der Waals surface area contributed by atoms with Crippen molar-refractivity contribution in [3.05, 3.63) is 54.6 Å². The molecule has 3 amide bonds. The zero-order valence-electron chi connectivity index (χ0n) is 15.5. The van der Waals surface area contributed by atoms with E-state index in [9.17, 15) is 14.4 Å². The van der Waals surface area contributed by atoms with E-state index in [4.69, 9.17) is 4.74 Å². The second kappa shape index (κ2) is 6.92. The molecule has 4 rings (SSSR count). The van der Waals surface area contributed by atoms with Gasteiger partial charge >= 0.3 is 0 Å². The third-order valence-corrected chi connectivity index (χ3v) is 5.10. The van der Waals surface area contributed by atoms with Gasteiger partial charge in [-0.1, -0.05) is 18.2 Å². The Kier molecular flexibility index (Phi) is 4.43. The van der Waals surface area contributed by atoms with Gasteiger partial charge in [-0.2, -0.15) is 5.10 Å². The maximum Gasteiger partial charge on any atom is 0.257 e. The quantitative estimate of drug-likeness (QED) is 0.767. The first-order valence-electron chi connectivity index (χ1n) is 8.96. The molecule has 2 aliphatic heterocycles. The van der Waals surface area contributed by atoms with E-state index >= 15 is 0 Å². The Morgan fingerprint density at radius 3 is 2.25 bits per heavy atom. The Morgan fingerprint density at radius 1 is 0.929 bits per heavy atom. The highest BCUT2D eigenvalue weighted by Crippen LogP contribution is 2.36. The van der Waals surface area contributed by atoms with E-state index in [1.807, 2.05) is 18.2 Å². The fourth-order valence-corrected chi connectivity index (χ4v) is 3.72. The molecule has 142 valence electrons. The smallest absolute Gasteiger partial charge is 0.257 e. The number of imide groups is 1. The van der Waals surface area contributed by atoms with Crippen LogP contribution in [0.2, 0.25) is 0 Å². The molecule has 2 aliphatic rings. The maximum atomic E-state index is 13.0. The van der Waals surface area contributed by atoms with Gasteiger partial charge in [0.15, 0.2) is 0 Å². The fraction of sp³-hybridized carbons (Fsp3) is 0.238. The average Bonchev–Trinajstić information content (AvgIpc) is 3.17. The topological polar surface area (TPSA) is 79.3 Å². The Labute approximate surface area is 162 Å². The molecule has 0 unspecified atom stereocenters. The molecule has 1 fully saturated rings. The molecule has 28 heavy (non-hydrogen) atoms. The Hall–Kier alpha value is -3.48. The van der Waals surface area contributed by atoms with Crippen molar-refractivity contribution in [1.29, 1.82) is 0 Å². The van der Waals surface area contributed by atoms with E-state index < -0.39 is 11.8 Å². The minimum absolute atomic E-state index is 0.0171. The predicted molar refractivity (Wildman–Crippen MR) is 104 cm³/mol. The maximum absolute atomic E-state index is 13.0. The van der Waals surface area contributed by atoms with Crippen molar-refractivity contribution in [1.82, 2.24) is 0 Å². The van der Waals surface area contributed by atoms with Crippen molar-refractivity contribution >= 4 is 34.8 Å². The van der Waals surface area contributed by atoms with Gasteiger partial charge in [0.2, 0.25) is 11.8 Å². The molecule has 0 spiro atoms. The van der Waals surface area contributed by atoms with Crippen LogP contribution in [0.3, 0.4) is 0 Å². The normalized spacial score (nSPS) is 22.1. The Balaban J connectivity index is 1.60. The molecule has 2 aromatic rings. The summed E-state index contributed by atoms with van der Waals surface area (Å²) in [4.78, 5) is 39.8. The van der Waals surface area contributed by atoms with Gasteiger partial charge in [0.25, 0.3) is 5.91 Å². The van der Waals surface area contributed by atoms with E-state index in [-0.39, 0.29) is 24.1 Å². The molecule has 0 aliphatic carbocycles. The molecule has 7 nitrogen and oxygen atoms in total. The van der Waals surface area contributed by atoms with Crippen LogP contribution >= 0.6 is 0 Å². The van der Waals surface area contributed by atoms with Crippen LogP contribution in [0.4, 0.5) is 11.4 Å². The lowest BCUT2D eigenvalue weighted by atomic mass is 9.87. The molecule has 0 aromatic heterocycles. The molecular weight excluding hydrogens is 358 g/mol. The summed E-state index contributed by atoms with van der Waals surface area (Å²) in [6.07, 6.45) is -0.0171. The van der Waals surface area contributed by atoms with Gasteiger partial charge in [-0.05, 0) is 43.3 Å². The summed E-state index contributed by atoms with van der Waals surface area (Å²) in [5.74, 6) is -1.84. The van der Waals surface area contributed by atoms with Gasteiger partial charge < -0.3 is 4.74 Å². The van der Waals surface area contributed by atoms with Crippen LogP contribution in [0.15, 0.2) is 59.7 Å². The number of rotatable bonds is 4. The van der Waals surface area contributed by atoms with Crippen molar-refractivity contribution in [2.75, 3.05) is 17.0 Å². The second-order valence-corrected chi connectivity index (χ2v) is 6.78. The van der Waals surface area contributed by atoms with Gasteiger partial charge in [-0.3, -0.25) is 19.3 Å². The van der Waals surface area contributed by atoms with Crippen LogP contribution < -0.4 is 14.6 Å². The van der Waals surface area contributed by atoms with E-state index in [2.05, 4.69) is 5.10 Å². The number of ether oxygens (including phenoxy) is 1. The number of para-hydroxylation sites is 1. The number of hydrogen-bond donors (Lipinski definition) is 0. The zero-order valence-corrected chi connectivity index (χ0v) is 15.5. The minimum atomic E-state index is -0.750. The molecule has 7 heteroatoms. The third-order valence-electron chi connectivity index (χ3n) is 5.10. The summed E-state index contributed by atoms with van der Waals surface area (Å²) in [6.45, 7) is 1.72. The SMILES string of the molecule is COc1ccc(N2C(=O)C[C@@H]([C@H]3C(=O)N(c4ccccc4)N=C3C)C2=O)cc1. The van der Waals surface area contributed by atoms with Crippen LogP contribution in [0, 0.1) is 11.8 Å². The molecule has 2 heterocycles. The summed E-state index contributed by atoms with van der Waals surface area (Å²) < 4.78 is 5.12. The van der Waals surface area contributed by atoms with Crippen molar-refractivity contribution in [2.24, 2.45) is 16.9 Å². The van der Waals surface area contributed by atoms with Gasteiger partial charge in [-0.15, -0.1) is 0 Å². The third kappa shape index (κ3) is 2.85. The minimum Gasteiger partial charge on any atom is -0.497 e. The summed E-state index contributed by atoms with van der Waals surface area (Å²) in [6, 6.07) is 15.7. The number of hydrogen-bond acceptors (Lipinski definition) is 5. The van der Waals surface area contributed by atoms with Crippen LogP contribution in [0.1, 0.15) is 13.3 Å². The second-order valence-electron chi connectivity index (χ2n) is 6.78. The number of carbonyl (C=O) groups is 3.